The van der Waals surface area contributed by atoms with E-state index in [1.165, 1.54) is 17.8 Å². The fourth-order valence-electron chi connectivity index (χ4n) is 2.73. The Kier molecular flexibility index (Phi) is 4.85. The van der Waals surface area contributed by atoms with Gasteiger partial charge in [-0.25, -0.2) is 13.8 Å². The molecular formula is C18H18F2N4O. The van der Waals surface area contributed by atoms with Gasteiger partial charge in [-0.15, -0.1) is 0 Å². The second-order valence-electron chi connectivity index (χ2n) is 6.08. The Labute approximate surface area is 144 Å². The second kappa shape index (κ2) is 7.06. The molecule has 0 fully saturated rings. The summed E-state index contributed by atoms with van der Waals surface area (Å²) in [5, 5.41) is 2.37. The van der Waals surface area contributed by atoms with E-state index < -0.39 is 23.1 Å². The molecule has 1 N–H and O–H groups in total. The van der Waals surface area contributed by atoms with E-state index in [9.17, 15) is 13.6 Å². The zero-order chi connectivity index (χ0) is 18.0. The molecule has 0 unspecified atom stereocenters. The summed E-state index contributed by atoms with van der Waals surface area (Å²) >= 11 is 0. The quantitative estimate of drug-likeness (QED) is 0.929. The van der Waals surface area contributed by atoms with E-state index in [1.54, 1.807) is 6.20 Å². The summed E-state index contributed by atoms with van der Waals surface area (Å²) in [7, 11) is 2.04. The fraction of sp³-hybridized carbons (Fsp3) is 0.278. The molecule has 5 nitrogen and oxygen atoms in total. The second-order valence-corrected chi connectivity index (χ2v) is 6.08. The van der Waals surface area contributed by atoms with Crippen LogP contribution in [0.1, 0.15) is 29.4 Å². The minimum atomic E-state index is -0.923. The smallest absolute Gasteiger partial charge is 0.262 e. The van der Waals surface area contributed by atoms with E-state index in [0.29, 0.717) is 0 Å². The third-order valence-corrected chi connectivity index (χ3v) is 4.20. The Morgan fingerprint density at radius 1 is 1.20 bits per heavy atom. The predicted molar refractivity (Wildman–Crippen MR) is 91.1 cm³/mol. The lowest BCUT2D eigenvalue weighted by molar-refractivity contribution is 0.101. The molecule has 0 spiro atoms. The standard InChI is InChI=1S/C18H18F2N4O/c1-11-6-7-24(2)10-12(11)15-8-22-16(9-21-15)23-18(25)17-13(19)4-3-5-14(17)20/h3-5,8-9H,6-7,10H2,1-2H3,(H,22,23,25). The van der Waals surface area contributed by atoms with Crippen molar-refractivity contribution in [2.24, 2.45) is 0 Å². The zero-order valence-electron chi connectivity index (χ0n) is 14.0. The Morgan fingerprint density at radius 2 is 1.92 bits per heavy atom. The number of aromatic nitrogens is 2. The predicted octanol–water partition coefficient (Wildman–Crippen LogP) is 3.12. The zero-order valence-corrected chi connectivity index (χ0v) is 14.0. The first kappa shape index (κ1) is 17.2. The monoisotopic (exact) mass is 344 g/mol. The number of amides is 1. The highest BCUT2D eigenvalue weighted by Gasteiger charge is 2.19. The third-order valence-electron chi connectivity index (χ3n) is 4.20. The molecule has 0 aliphatic carbocycles. The molecule has 25 heavy (non-hydrogen) atoms. The number of carbonyl (C=O) groups excluding carboxylic acids is 1. The summed E-state index contributed by atoms with van der Waals surface area (Å²) in [6, 6.07) is 3.26. The minimum Gasteiger partial charge on any atom is -0.305 e. The first-order chi connectivity index (χ1) is 12.0. The van der Waals surface area contributed by atoms with Crippen LogP contribution in [0.2, 0.25) is 0 Å². The van der Waals surface area contributed by atoms with Gasteiger partial charge in [0.25, 0.3) is 5.91 Å². The maximum absolute atomic E-state index is 13.6. The fourth-order valence-corrected chi connectivity index (χ4v) is 2.73. The van der Waals surface area contributed by atoms with E-state index in [-0.39, 0.29) is 5.82 Å². The van der Waals surface area contributed by atoms with Gasteiger partial charge < -0.3 is 10.2 Å². The van der Waals surface area contributed by atoms with E-state index in [0.717, 1.165) is 42.9 Å². The molecule has 0 bridgehead atoms. The summed E-state index contributed by atoms with van der Waals surface area (Å²) < 4.78 is 27.3. The number of nitrogens with zero attached hydrogens (tertiary/aromatic N) is 3. The molecule has 0 atom stereocenters. The number of carbonyl (C=O) groups is 1. The molecule has 0 saturated carbocycles. The number of anilines is 1. The van der Waals surface area contributed by atoms with Gasteiger partial charge in [0.15, 0.2) is 5.82 Å². The van der Waals surface area contributed by atoms with Gasteiger partial charge in [-0.05, 0) is 38.1 Å². The first-order valence-corrected chi connectivity index (χ1v) is 7.90. The summed E-state index contributed by atoms with van der Waals surface area (Å²) in [5.41, 5.74) is 2.47. The van der Waals surface area contributed by atoms with Crippen molar-refractivity contribution in [2.45, 2.75) is 13.3 Å². The molecule has 0 saturated heterocycles. The summed E-state index contributed by atoms with van der Waals surface area (Å²) in [5.74, 6) is -2.61. The Balaban J connectivity index is 1.78. The van der Waals surface area contributed by atoms with Gasteiger partial charge in [0.2, 0.25) is 0 Å². The van der Waals surface area contributed by atoms with Crippen molar-refractivity contribution >= 4 is 17.3 Å². The van der Waals surface area contributed by atoms with Gasteiger partial charge in [0.05, 0.1) is 18.1 Å². The highest BCUT2D eigenvalue weighted by Crippen LogP contribution is 2.24. The van der Waals surface area contributed by atoms with Crippen molar-refractivity contribution in [3.8, 4) is 0 Å². The van der Waals surface area contributed by atoms with E-state index in [1.807, 2.05) is 7.05 Å². The average Bonchev–Trinajstić information content (AvgIpc) is 2.58. The van der Waals surface area contributed by atoms with E-state index in [2.05, 4.69) is 27.1 Å². The Bertz CT molecular complexity index is 813. The van der Waals surface area contributed by atoms with Gasteiger partial charge in [0.1, 0.15) is 17.2 Å². The molecule has 0 radical (unpaired) electrons. The molecule has 1 amide bonds. The average molecular weight is 344 g/mol. The molecule has 1 aliphatic rings. The summed E-state index contributed by atoms with van der Waals surface area (Å²) in [6.45, 7) is 3.86. The highest BCUT2D eigenvalue weighted by atomic mass is 19.1. The van der Waals surface area contributed by atoms with Gasteiger partial charge in [-0.3, -0.25) is 9.78 Å². The van der Waals surface area contributed by atoms with Crippen LogP contribution in [0.4, 0.5) is 14.6 Å². The number of hydrogen-bond acceptors (Lipinski definition) is 4. The normalized spacial score (nSPS) is 15.4. The highest BCUT2D eigenvalue weighted by molar-refractivity contribution is 6.04. The van der Waals surface area contributed by atoms with Crippen LogP contribution in [0.3, 0.4) is 0 Å². The van der Waals surface area contributed by atoms with Crippen LogP contribution in [0.15, 0.2) is 36.2 Å². The molecule has 130 valence electrons. The van der Waals surface area contributed by atoms with Crippen LogP contribution in [0, 0.1) is 11.6 Å². The molecule has 7 heteroatoms. The summed E-state index contributed by atoms with van der Waals surface area (Å²) in [4.78, 5) is 22.7. The maximum Gasteiger partial charge on any atom is 0.262 e. The lowest BCUT2D eigenvalue weighted by atomic mass is 9.99. The first-order valence-electron chi connectivity index (χ1n) is 7.90. The number of hydrogen-bond donors (Lipinski definition) is 1. The largest absolute Gasteiger partial charge is 0.305 e. The van der Waals surface area contributed by atoms with Gasteiger partial charge in [-0.1, -0.05) is 11.6 Å². The van der Waals surface area contributed by atoms with Crippen molar-refractivity contribution in [3.63, 3.8) is 0 Å². The van der Waals surface area contributed by atoms with Crippen molar-refractivity contribution in [1.29, 1.82) is 0 Å². The molecule has 3 rings (SSSR count). The van der Waals surface area contributed by atoms with Crippen molar-refractivity contribution in [3.05, 3.63) is 59.1 Å². The number of nitrogens with one attached hydrogen (secondary N) is 1. The molecule has 1 aliphatic heterocycles. The lowest BCUT2D eigenvalue weighted by Gasteiger charge is -2.25. The summed E-state index contributed by atoms with van der Waals surface area (Å²) in [6.07, 6.45) is 3.92. The number of halogens is 2. The van der Waals surface area contributed by atoms with Gasteiger partial charge >= 0.3 is 0 Å². The van der Waals surface area contributed by atoms with E-state index >= 15 is 0 Å². The van der Waals surface area contributed by atoms with Crippen molar-refractivity contribution < 1.29 is 13.6 Å². The molecule has 2 heterocycles. The van der Waals surface area contributed by atoms with Crippen LogP contribution in [0.25, 0.3) is 5.57 Å². The van der Waals surface area contributed by atoms with Crippen molar-refractivity contribution in [2.75, 3.05) is 25.5 Å². The molecule has 2 aromatic rings. The maximum atomic E-state index is 13.6. The topological polar surface area (TPSA) is 58.1 Å². The minimum absolute atomic E-state index is 0.138. The van der Waals surface area contributed by atoms with Crippen LogP contribution in [0.5, 0.6) is 0 Å². The number of likely N-dealkylation sites (N-methyl/N-ethyl adjacent to an activating group) is 1. The number of benzene rings is 1. The Hall–Kier alpha value is -2.67. The number of rotatable bonds is 3. The van der Waals surface area contributed by atoms with Crippen molar-refractivity contribution in [1.82, 2.24) is 14.9 Å². The van der Waals surface area contributed by atoms with E-state index in [4.69, 9.17) is 0 Å². The van der Waals surface area contributed by atoms with Crippen LogP contribution in [-0.2, 0) is 0 Å². The van der Waals surface area contributed by atoms with Crippen LogP contribution in [-0.4, -0.2) is 40.9 Å². The van der Waals surface area contributed by atoms with Crippen LogP contribution < -0.4 is 5.32 Å². The van der Waals surface area contributed by atoms with Crippen LogP contribution >= 0.6 is 0 Å². The SMILES string of the molecule is CC1=C(c2cnc(NC(=O)c3c(F)cccc3F)cn2)CN(C)CC1. The molecule has 1 aromatic carbocycles. The Morgan fingerprint density at radius 3 is 2.56 bits per heavy atom. The third kappa shape index (κ3) is 3.71. The lowest BCUT2D eigenvalue weighted by Crippen LogP contribution is -2.27. The molecule has 1 aromatic heterocycles. The van der Waals surface area contributed by atoms with Gasteiger partial charge in [0, 0.05) is 13.1 Å². The van der Waals surface area contributed by atoms with Gasteiger partial charge in [-0.2, -0.15) is 0 Å². The molecular weight excluding hydrogens is 326 g/mol.